The van der Waals surface area contributed by atoms with Crippen molar-refractivity contribution < 1.29 is 14.3 Å². The summed E-state index contributed by atoms with van der Waals surface area (Å²) < 4.78 is 11.2. The monoisotopic (exact) mass is 340 g/mol. The number of carbonyl (C=O) groups excluding carboxylic acids is 1. The molecule has 0 bridgehead atoms. The van der Waals surface area contributed by atoms with E-state index in [0.29, 0.717) is 24.7 Å². The van der Waals surface area contributed by atoms with Crippen molar-refractivity contribution in [1.29, 1.82) is 0 Å². The molecule has 4 rings (SSSR count). The van der Waals surface area contributed by atoms with Gasteiger partial charge in [0.15, 0.2) is 6.29 Å². The number of hydrogen-bond acceptors (Lipinski definition) is 4. The molecule has 0 aliphatic carbocycles. The van der Waals surface area contributed by atoms with E-state index >= 15 is 0 Å². The van der Waals surface area contributed by atoms with Gasteiger partial charge >= 0.3 is 0 Å². The molecule has 132 valence electrons. The molecule has 1 aromatic heterocycles. The van der Waals surface area contributed by atoms with Gasteiger partial charge in [0.2, 0.25) is 0 Å². The number of rotatable bonds is 2. The van der Waals surface area contributed by atoms with Gasteiger partial charge in [-0.05, 0) is 44.4 Å². The lowest BCUT2D eigenvalue weighted by Gasteiger charge is -2.34. The summed E-state index contributed by atoms with van der Waals surface area (Å²) in [7, 11) is 0. The predicted molar refractivity (Wildman–Crippen MR) is 95.5 cm³/mol. The number of hydrogen-bond donors (Lipinski definition) is 0. The molecule has 0 spiro atoms. The van der Waals surface area contributed by atoms with Gasteiger partial charge in [-0.2, -0.15) is 0 Å². The molecular formula is C20H24N2O3. The van der Waals surface area contributed by atoms with Crippen LogP contribution in [0.15, 0.2) is 24.3 Å². The lowest BCUT2D eigenvalue weighted by molar-refractivity contribution is -0.0956. The molecule has 2 aliphatic heterocycles. The first-order valence-electron chi connectivity index (χ1n) is 9.02. The van der Waals surface area contributed by atoms with Crippen molar-refractivity contribution in [1.82, 2.24) is 9.88 Å². The molecule has 2 saturated heterocycles. The first-order chi connectivity index (χ1) is 12.1. The maximum Gasteiger partial charge on any atom is 0.255 e. The fourth-order valence-electron chi connectivity index (χ4n) is 3.78. The number of nitrogens with zero attached hydrogens (tertiary/aromatic N) is 2. The van der Waals surface area contributed by atoms with Gasteiger partial charge in [-0.3, -0.25) is 9.78 Å². The minimum Gasteiger partial charge on any atom is -0.350 e. The lowest BCUT2D eigenvalue weighted by Crippen LogP contribution is -2.41. The van der Waals surface area contributed by atoms with Crippen molar-refractivity contribution in [2.75, 3.05) is 26.3 Å². The normalized spacial score (nSPS) is 19.7. The quantitative estimate of drug-likeness (QED) is 0.843. The van der Waals surface area contributed by atoms with Crippen molar-refractivity contribution in [3.63, 3.8) is 0 Å². The second-order valence-corrected chi connectivity index (χ2v) is 7.06. The van der Waals surface area contributed by atoms with Crippen molar-refractivity contribution in [2.45, 2.75) is 33.0 Å². The smallest absolute Gasteiger partial charge is 0.255 e. The van der Waals surface area contributed by atoms with Crippen LogP contribution in [-0.2, 0) is 9.47 Å². The van der Waals surface area contributed by atoms with Crippen LogP contribution < -0.4 is 0 Å². The highest BCUT2D eigenvalue weighted by Crippen LogP contribution is 2.27. The molecule has 3 heterocycles. The van der Waals surface area contributed by atoms with Gasteiger partial charge in [0.25, 0.3) is 5.91 Å². The van der Waals surface area contributed by atoms with Crippen LogP contribution in [0.1, 0.15) is 34.5 Å². The third kappa shape index (κ3) is 3.26. The zero-order chi connectivity index (χ0) is 17.4. The van der Waals surface area contributed by atoms with Gasteiger partial charge in [-0.25, -0.2) is 0 Å². The Balaban J connectivity index is 1.50. The summed E-state index contributed by atoms with van der Waals surface area (Å²) in [6.45, 7) is 6.84. The third-order valence-corrected chi connectivity index (χ3v) is 5.25. The molecule has 0 radical (unpaired) electrons. The number of likely N-dealkylation sites (tertiary alicyclic amines) is 1. The minimum absolute atomic E-state index is 0.0791. The summed E-state index contributed by atoms with van der Waals surface area (Å²) in [6.07, 6.45) is 1.77. The second kappa shape index (κ2) is 6.73. The van der Waals surface area contributed by atoms with E-state index in [1.54, 1.807) is 0 Å². The predicted octanol–water partition coefficient (Wildman–Crippen LogP) is 3.08. The summed E-state index contributed by atoms with van der Waals surface area (Å²) in [4.78, 5) is 19.6. The second-order valence-electron chi connectivity index (χ2n) is 7.06. The number of piperidine rings is 1. The average molecular weight is 340 g/mol. The number of benzene rings is 1. The Morgan fingerprint density at radius 2 is 1.84 bits per heavy atom. The average Bonchev–Trinajstić information content (AvgIpc) is 3.15. The Bertz CT molecular complexity index is 791. The van der Waals surface area contributed by atoms with Crippen LogP contribution in [0, 0.1) is 19.8 Å². The fraction of sp³-hybridized carbons (Fsp3) is 0.500. The number of pyridine rings is 1. The molecule has 5 heteroatoms. The van der Waals surface area contributed by atoms with Crippen LogP contribution in [-0.4, -0.2) is 48.4 Å². The van der Waals surface area contributed by atoms with Crippen LogP contribution in [0.3, 0.4) is 0 Å². The number of fused-ring (bicyclic) bond motifs is 1. The zero-order valence-corrected chi connectivity index (χ0v) is 14.8. The summed E-state index contributed by atoms with van der Waals surface area (Å²) in [5, 5.41) is 1.02. The number of aromatic nitrogens is 1. The minimum atomic E-state index is -0.0791. The van der Waals surface area contributed by atoms with E-state index in [1.165, 1.54) is 5.56 Å². The van der Waals surface area contributed by atoms with E-state index in [4.69, 9.17) is 9.47 Å². The highest BCUT2D eigenvalue weighted by molar-refractivity contribution is 5.98. The molecule has 5 nitrogen and oxygen atoms in total. The molecule has 0 unspecified atom stereocenters. The molecule has 25 heavy (non-hydrogen) atoms. The van der Waals surface area contributed by atoms with E-state index < -0.39 is 0 Å². The Morgan fingerprint density at radius 3 is 2.56 bits per heavy atom. The maximum absolute atomic E-state index is 13.0. The number of aryl methyl sites for hydroxylation is 2. The van der Waals surface area contributed by atoms with Gasteiger partial charge in [-0.15, -0.1) is 0 Å². The van der Waals surface area contributed by atoms with Gasteiger partial charge in [-0.1, -0.05) is 12.1 Å². The molecular weight excluding hydrogens is 316 g/mol. The van der Waals surface area contributed by atoms with Crippen molar-refractivity contribution in [2.24, 2.45) is 5.92 Å². The molecule has 2 aromatic rings. The summed E-state index contributed by atoms with van der Waals surface area (Å²) in [5.74, 6) is 0.476. The molecule has 0 saturated carbocycles. The first-order valence-corrected chi connectivity index (χ1v) is 9.02. The van der Waals surface area contributed by atoms with Crippen molar-refractivity contribution >= 4 is 16.8 Å². The highest BCUT2D eigenvalue weighted by atomic mass is 16.7. The van der Waals surface area contributed by atoms with Crippen molar-refractivity contribution in [3.8, 4) is 0 Å². The highest BCUT2D eigenvalue weighted by Gasteiger charge is 2.32. The lowest BCUT2D eigenvalue weighted by atomic mass is 9.95. The molecule has 2 fully saturated rings. The van der Waals surface area contributed by atoms with Crippen LogP contribution >= 0.6 is 0 Å². The number of ether oxygens (including phenoxy) is 2. The van der Waals surface area contributed by atoms with Gasteiger partial charge in [0, 0.05) is 24.4 Å². The number of carbonyl (C=O) groups is 1. The number of amides is 1. The van der Waals surface area contributed by atoms with Crippen LogP contribution in [0.5, 0.6) is 0 Å². The largest absolute Gasteiger partial charge is 0.350 e. The maximum atomic E-state index is 13.0. The fourth-order valence-corrected chi connectivity index (χ4v) is 3.78. The van der Waals surface area contributed by atoms with Crippen molar-refractivity contribution in [3.05, 3.63) is 41.1 Å². The third-order valence-electron chi connectivity index (χ3n) is 5.25. The summed E-state index contributed by atoms with van der Waals surface area (Å²) in [5.41, 5.74) is 3.64. The SMILES string of the molecule is Cc1ccc2cc(C(=O)N3CCC(C4OCCO4)CC3)c(C)nc2c1. The molecule has 0 N–H and O–H groups in total. The van der Waals surface area contributed by atoms with Gasteiger partial charge in [0.1, 0.15) is 0 Å². The van der Waals surface area contributed by atoms with E-state index in [1.807, 2.05) is 24.0 Å². The first kappa shape index (κ1) is 16.5. The Morgan fingerprint density at radius 1 is 1.12 bits per heavy atom. The zero-order valence-electron chi connectivity index (χ0n) is 14.8. The molecule has 1 aromatic carbocycles. The standard InChI is InChI=1S/C20H24N2O3/c1-13-3-4-16-12-17(14(2)21-18(16)11-13)19(23)22-7-5-15(6-8-22)20-24-9-10-25-20/h3-4,11-12,15,20H,5-10H2,1-2H3. The topological polar surface area (TPSA) is 51.7 Å². The Kier molecular flexibility index (Phi) is 4.44. The van der Waals surface area contributed by atoms with Crippen LogP contribution in [0.4, 0.5) is 0 Å². The van der Waals surface area contributed by atoms with Gasteiger partial charge < -0.3 is 14.4 Å². The molecule has 1 amide bonds. The van der Waals surface area contributed by atoms with E-state index in [9.17, 15) is 4.79 Å². The van der Waals surface area contributed by atoms with Crippen LogP contribution in [0.25, 0.3) is 10.9 Å². The van der Waals surface area contributed by atoms with E-state index in [-0.39, 0.29) is 12.2 Å². The van der Waals surface area contributed by atoms with E-state index in [0.717, 1.165) is 42.5 Å². The van der Waals surface area contributed by atoms with Gasteiger partial charge in [0.05, 0.1) is 30.0 Å². The van der Waals surface area contributed by atoms with Crippen LogP contribution in [0.2, 0.25) is 0 Å². The molecule has 2 aliphatic rings. The molecule has 0 atom stereocenters. The van der Waals surface area contributed by atoms with E-state index in [2.05, 4.69) is 24.0 Å². The Labute approximate surface area is 147 Å². The summed E-state index contributed by atoms with van der Waals surface area (Å²) in [6, 6.07) is 8.13. The summed E-state index contributed by atoms with van der Waals surface area (Å²) >= 11 is 0. The Hall–Kier alpha value is -1.98.